The maximum atomic E-state index is 11.7. The summed E-state index contributed by atoms with van der Waals surface area (Å²) in [4.78, 5) is 24.4. The second-order valence-corrected chi connectivity index (χ2v) is 4.66. The Morgan fingerprint density at radius 3 is 3.00 bits per heavy atom. The van der Waals surface area contributed by atoms with Crippen molar-refractivity contribution in [2.75, 3.05) is 18.9 Å². The van der Waals surface area contributed by atoms with Gasteiger partial charge in [-0.2, -0.15) is 0 Å². The Kier molecular flexibility index (Phi) is 3.82. The number of amides is 2. The van der Waals surface area contributed by atoms with Gasteiger partial charge in [0.25, 0.3) is 5.91 Å². The van der Waals surface area contributed by atoms with Crippen LogP contribution >= 0.6 is 0 Å². The fraction of sp³-hybridized carbons (Fsp3) is 0.385. The minimum atomic E-state index is -1.16. The van der Waals surface area contributed by atoms with E-state index in [4.69, 9.17) is 5.73 Å². The Morgan fingerprint density at radius 1 is 1.58 bits per heavy atom. The number of carbonyl (C=O) groups excluding carboxylic acids is 2. The minimum absolute atomic E-state index is 0.0184. The van der Waals surface area contributed by atoms with E-state index < -0.39 is 12.0 Å². The maximum Gasteiger partial charge on any atom is 0.252 e. The SMILES string of the molecule is CN(Cc1ccc2c(c1)CC(=O)N2)C(=O)C(O)CN. The lowest BCUT2D eigenvalue weighted by molar-refractivity contribution is -0.138. The molecule has 1 aliphatic rings. The number of benzene rings is 1. The van der Waals surface area contributed by atoms with Crippen LogP contribution in [0.15, 0.2) is 18.2 Å². The van der Waals surface area contributed by atoms with E-state index in [-0.39, 0.29) is 12.5 Å². The Labute approximate surface area is 111 Å². The molecule has 2 amide bonds. The molecule has 1 atom stereocenters. The number of nitrogens with zero attached hydrogens (tertiary/aromatic N) is 1. The normalized spacial score (nSPS) is 14.8. The molecule has 1 aromatic rings. The van der Waals surface area contributed by atoms with E-state index in [0.717, 1.165) is 16.8 Å². The Bertz CT molecular complexity index is 516. The molecule has 0 saturated carbocycles. The monoisotopic (exact) mass is 263 g/mol. The smallest absolute Gasteiger partial charge is 0.252 e. The summed E-state index contributed by atoms with van der Waals surface area (Å²) in [6.45, 7) is 0.281. The van der Waals surface area contributed by atoms with E-state index in [1.165, 1.54) is 4.90 Å². The minimum Gasteiger partial charge on any atom is -0.382 e. The molecule has 0 bridgehead atoms. The van der Waals surface area contributed by atoms with Crippen molar-refractivity contribution in [2.24, 2.45) is 5.73 Å². The second kappa shape index (κ2) is 5.38. The van der Waals surface area contributed by atoms with Crippen molar-refractivity contribution in [3.05, 3.63) is 29.3 Å². The van der Waals surface area contributed by atoms with Crippen molar-refractivity contribution in [2.45, 2.75) is 19.1 Å². The highest BCUT2D eigenvalue weighted by molar-refractivity contribution is 5.99. The van der Waals surface area contributed by atoms with E-state index in [9.17, 15) is 14.7 Å². The van der Waals surface area contributed by atoms with Crippen molar-refractivity contribution in [3.63, 3.8) is 0 Å². The zero-order valence-corrected chi connectivity index (χ0v) is 10.7. The van der Waals surface area contributed by atoms with Crippen molar-refractivity contribution < 1.29 is 14.7 Å². The van der Waals surface area contributed by atoms with E-state index in [2.05, 4.69) is 5.32 Å². The van der Waals surface area contributed by atoms with Crippen LogP contribution in [0.2, 0.25) is 0 Å². The van der Waals surface area contributed by atoms with Gasteiger partial charge in [-0.15, -0.1) is 0 Å². The highest BCUT2D eigenvalue weighted by Gasteiger charge is 2.20. The van der Waals surface area contributed by atoms with Crippen LogP contribution in [-0.4, -0.2) is 41.5 Å². The van der Waals surface area contributed by atoms with Crippen LogP contribution < -0.4 is 11.1 Å². The number of hydrogen-bond donors (Lipinski definition) is 3. The molecule has 1 heterocycles. The number of aliphatic hydroxyl groups excluding tert-OH is 1. The first-order valence-electron chi connectivity index (χ1n) is 6.06. The van der Waals surface area contributed by atoms with Gasteiger partial charge in [0.2, 0.25) is 5.91 Å². The van der Waals surface area contributed by atoms with Gasteiger partial charge in [-0.1, -0.05) is 12.1 Å². The number of hydrogen-bond acceptors (Lipinski definition) is 4. The number of nitrogens with one attached hydrogen (secondary N) is 1. The maximum absolute atomic E-state index is 11.7. The number of rotatable bonds is 4. The molecule has 0 radical (unpaired) electrons. The predicted octanol–water partition coefficient (Wildman–Crippen LogP) is -0.541. The lowest BCUT2D eigenvalue weighted by Crippen LogP contribution is -2.40. The molecule has 19 heavy (non-hydrogen) atoms. The van der Waals surface area contributed by atoms with E-state index in [0.29, 0.717) is 13.0 Å². The third-order valence-electron chi connectivity index (χ3n) is 3.10. The first-order valence-corrected chi connectivity index (χ1v) is 6.06. The molecule has 6 heteroatoms. The van der Waals surface area contributed by atoms with Gasteiger partial charge in [-0.05, 0) is 17.2 Å². The molecule has 2 rings (SSSR count). The molecule has 6 nitrogen and oxygen atoms in total. The quantitative estimate of drug-likeness (QED) is 0.679. The van der Waals surface area contributed by atoms with Crippen LogP contribution in [0.1, 0.15) is 11.1 Å². The highest BCUT2D eigenvalue weighted by Crippen LogP contribution is 2.24. The zero-order chi connectivity index (χ0) is 14.0. The fourth-order valence-electron chi connectivity index (χ4n) is 2.09. The summed E-state index contributed by atoms with van der Waals surface area (Å²) in [6.07, 6.45) is -0.797. The number of nitrogens with two attached hydrogens (primary N) is 1. The first kappa shape index (κ1) is 13.5. The van der Waals surface area contributed by atoms with Crippen LogP contribution in [0, 0.1) is 0 Å². The largest absolute Gasteiger partial charge is 0.382 e. The molecular formula is C13H17N3O3. The van der Waals surface area contributed by atoms with Gasteiger partial charge in [-0.3, -0.25) is 9.59 Å². The van der Waals surface area contributed by atoms with Gasteiger partial charge >= 0.3 is 0 Å². The van der Waals surface area contributed by atoms with E-state index in [1.807, 2.05) is 18.2 Å². The summed E-state index contributed by atoms with van der Waals surface area (Å²) in [5.74, 6) is -0.424. The molecule has 0 aliphatic carbocycles. The number of anilines is 1. The summed E-state index contributed by atoms with van der Waals surface area (Å²) in [5, 5.41) is 12.1. The molecule has 0 fully saturated rings. The standard InChI is InChI=1S/C13H17N3O3/c1-16(13(19)11(17)6-14)7-8-2-3-10-9(4-8)5-12(18)15-10/h2-4,11,17H,5-7,14H2,1H3,(H,15,18). The molecule has 4 N–H and O–H groups in total. The molecule has 1 aromatic carbocycles. The lowest BCUT2D eigenvalue weighted by atomic mass is 10.1. The molecule has 0 spiro atoms. The third-order valence-corrected chi connectivity index (χ3v) is 3.10. The van der Waals surface area contributed by atoms with E-state index >= 15 is 0 Å². The summed E-state index contributed by atoms with van der Waals surface area (Å²) >= 11 is 0. The molecule has 102 valence electrons. The van der Waals surface area contributed by atoms with E-state index in [1.54, 1.807) is 7.05 Å². The predicted molar refractivity (Wildman–Crippen MR) is 70.3 cm³/mol. The molecule has 0 aromatic heterocycles. The third kappa shape index (κ3) is 2.91. The van der Waals surface area contributed by atoms with Gasteiger partial charge in [0.15, 0.2) is 0 Å². The summed E-state index contributed by atoms with van der Waals surface area (Å²) < 4.78 is 0. The topological polar surface area (TPSA) is 95.7 Å². The lowest BCUT2D eigenvalue weighted by Gasteiger charge is -2.20. The number of aliphatic hydroxyl groups is 1. The molecule has 1 unspecified atom stereocenters. The summed E-state index contributed by atoms with van der Waals surface area (Å²) in [5.41, 5.74) is 7.92. The number of likely N-dealkylation sites (N-methyl/N-ethyl adjacent to an activating group) is 1. The van der Waals surface area contributed by atoms with Crippen molar-refractivity contribution >= 4 is 17.5 Å². The fourth-order valence-corrected chi connectivity index (χ4v) is 2.09. The van der Waals surface area contributed by atoms with Gasteiger partial charge in [0.05, 0.1) is 6.42 Å². The van der Waals surface area contributed by atoms with Gasteiger partial charge < -0.3 is 21.1 Å². The van der Waals surface area contributed by atoms with Crippen molar-refractivity contribution in [1.82, 2.24) is 4.90 Å². The number of carbonyl (C=O) groups is 2. The summed E-state index contributed by atoms with van der Waals surface area (Å²) in [6, 6.07) is 5.57. The summed E-state index contributed by atoms with van der Waals surface area (Å²) in [7, 11) is 1.61. The van der Waals surface area contributed by atoms with Crippen molar-refractivity contribution in [1.29, 1.82) is 0 Å². The molecule has 1 aliphatic heterocycles. The Hall–Kier alpha value is -1.92. The Morgan fingerprint density at radius 2 is 2.32 bits per heavy atom. The first-order chi connectivity index (χ1) is 9.01. The van der Waals surface area contributed by atoms with Crippen LogP contribution in [-0.2, 0) is 22.6 Å². The van der Waals surface area contributed by atoms with Gasteiger partial charge in [-0.25, -0.2) is 0 Å². The Balaban J connectivity index is 2.06. The average molecular weight is 263 g/mol. The molecule has 0 saturated heterocycles. The van der Waals surface area contributed by atoms with Crippen LogP contribution in [0.5, 0.6) is 0 Å². The highest BCUT2D eigenvalue weighted by atomic mass is 16.3. The van der Waals surface area contributed by atoms with Crippen LogP contribution in [0.4, 0.5) is 5.69 Å². The second-order valence-electron chi connectivity index (χ2n) is 4.66. The van der Waals surface area contributed by atoms with Crippen molar-refractivity contribution in [3.8, 4) is 0 Å². The molecular weight excluding hydrogens is 246 g/mol. The average Bonchev–Trinajstić information content (AvgIpc) is 2.76. The van der Waals surface area contributed by atoms with Gasteiger partial charge in [0.1, 0.15) is 6.10 Å². The van der Waals surface area contributed by atoms with Crippen LogP contribution in [0.25, 0.3) is 0 Å². The van der Waals surface area contributed by atoms with Crippen LogP contribution in [0.3, 0.4) is 0 Å². The van der Waals surface area contributed by atoms with Gasteiger partial charge in [0, 0.05) is 25.8 Å². The zero-order valence-electron chi connectivity index (χ0n) is 10.7. The number of fused-ring (bicyclic) bond motifs is 1.